The van der Waals surface area contributed by atoms with Crippen LogP contribution < -0.4 is 0 Å². The summed E-state index contributed by atoms with van der Waals surface area (Å²) in [5, 5.41) is 0. The fraction of sp³-hybridized carbons (Fsp3) is 0.467. The topological polar surface area (TPSA) is 32.7 Å². The van der Waals surface area contributed by atoms with Gasteiger partial charge in [-0.2, -0.15) is 0 Å². The van der Waals surface area contributed by atoms with Gasteiger partial charge in [0.25, 0.3) is 0 Å². The number of nitrogens with zero attached hydrogens (tertiary/aromatic N) is 2. The Morgan fingerprint density at radius 3 is 3.17 bits per heavy atom. The number of piperidine rings is 1. The van der Waals surface area contributed by atoms with Gasteiger partial charge in [-0.3, -0.25) is 9.79 Å². The van der Waals surface area contributed by atoms with Crippen LogP contribution in [-0.4, -0.2) is 28.6 Å². The Kier molecular flexibility index (Phi) is 1.84. The highest BCUT2D eigenvalue weighted by atomic mass is 16.2. The second-order valence-electron chi connectivity index (χ2n) is 5.65. The molecular weight excluding hydrogens is 224 g/mol. The predicted molar refractivity (Wildman–Crippen MR) is 70.3 cm³/mol. The molecule has 4 rings (SSSR count). The lowest BCUT2D eigenvalue weighted by Gasteiger charge is -2.40. The standard InChI is InChI=1S/C15H16N2O/c1-15-8-6-13(18)17(15)9-7-11-10-4-2-3-5-12(10)16-14(11)15/h2,4-5H,3,6-9H2,1H3. The molecule has 0 spiro atoms. The third kappa shape index (κ3) is 1.10. The molecule has 0 saturated carbocycles. The molecule has 4 aliphatic rings. The van der Waals surface area contributed by atoms with Crippen LogP contribution >= 0.6 is 0 Å². The molecule has 92 valence electrons. The van der Waals surface area contributed by atoms with Gasteiger partial charge in [0.05, 0.1) is 16.9 Å². The summed E-state index contributed by atoms with van der Waals surface area (Å²) >= 11 is 0. The minimum absolute atomic E-state index is 0.149. The first-order valence-corrected chi connectivity index (χ1v) is 6.70. The normalized spacial score (nSPS) is 33.2. The SMILES string of the molecule is CC12CCC(=O)N1CCC1=C3C=CCC=C3N=C12. The van der Waals surface area contributed by atoms with E-state index in [0.29, 0.717) is 12.3 Å². The first kappa shape index (κ1) is 10.3. The number of hydrogen-bond donors (Lipinski definition) is 0. The van der Waals surface area contributed by atoms with Crippen LogP contribution in [0, 0.1) is 0 Å². The van der Waals surface area contributed by atoms with Crippen LogP contribution in [0.1, 0.15) is 32.6 Å². The van der Waals surface area contributed by atoms with Crippen molar-refractivity contribution in [1.82, 2.24) is 4.90 Å². The van der Waals surface area contributed by atoms with Crippen molar-refractivity contribution in [2.24, 2.45) is 4.99 Å². The Bertz CT molecular complexity index is 579. The van der Waals surface area contributed by atoms with E-state index in [1.807, 2.05) is 4.90 Å². The Hall–Kier alpha value is -1.64. The number of fused-ring (bicyclic) bond motifs is 4. The number of carbonyl (C=O) groups excluding carboxylic acids is 1. The summed E-state index contributed by atoms with van der Waals surface area (Å²) in [6.07, 6.45) is 10.1. The van der Waals surface area contributed by atoms with Crippen LogP contribution in [0.25, 0.3) is 0 Å². The molecule has 3 heterocycles. The molecule has 3 nitrogen and oxygen atoms in total. The van der Waals surface area contributed by atoms with E-state index < -0.39 is 0 Å². The van der Waals surface area contributed by atoms with Crippen LogP contribution in [0.3, 0.4) is 0 Å². The molecule has 0 aromatic heterocycles. The molecular formula is C15H16N2O. The van der Waals surface area contributed by atoms with Crippen molar-refractivity contribution < 1.29 is 4.79 Å². The summed E-state index contributed by atoms with van der Waals surface area (Å²) in [6, 6.07) is 0. The molecule has 2 saturated heterocycles. The summed E-state index contributed by atoms with van der Waals surface area (Å²) < 4.78 is 0. The summed E-state index contributed by atoms with van der Waals surface area (Å²) in [5.74, 6) is 0.295. The molecule has 0 aromatic carbocycles. The second kappa shape index (κ2) is 3.22. The van der Waals surface area contributed by atoms with Crippen molar-refractivity contribution in [3.63, 3.8) is 0 Å². The fourth-order valence-electron chi connectivity index (χ4n) is 3.67. The zero-order valence-corrected chi connectivity index (χ0v) is 10.6. The average Bonchev–Trinajstić information content (AvgIpc) is 2.89. The lowest BCUT2D eigenvalue weighted by atomic mass is 9.82. The Labute approximate surface area is 107 Å². The lowest BCUT2D eigenvalue weighted by Crippen LogP contribution is -2.53. The quantitative estimate of drug-likeness (QED) is 0.639. The highest BCUT2D eigenvalue weighted by molar-refractivity contribution is 6.14. The van der Waals surface area contributed by atoms with E-state index in [4.69, 9.17) is 4.99 Å². The number of rotatable bonds is 0. The monoisotopic (exact) mass is 240 g/mol. The molecule has 1 unspecified atom stereocenters. The Morgan fingerprint density at radius 2 is 2.28 bits per heavy atom. The van der Waals surface area contributed by atoms with Crippen LogP contribution in [0.4, 0.5) is 0 Å². The van der Waals surface area contributed by atoms with Gasteiger partial charge in [0.15, 0.2) is 0 Å². The number of carbonyl (C=O) groups is 1. The summed E-state index contributed by atoms with van der Waals surface area (Å²) in [6.45, 7) is 3.03. The van der Waals surface area contributed by atoms with Crippen LogP contribution in [0.2, 0.25) is 0 Å². The molecule has 1 amide bonds. The van der Waals surface area contributed by atoms with Crippen molar-refractivity contribution >= 4 is 11.6 Å². The van der Waals surface area contributed by atoms with Gasteiger partial charge < -0.3 is 4.90 Å². The predicted octanol–water partition coefficient (Wildman–Crippen LogP) is 2.37. The largest absolute Gasteiger partial charge is 0.331 e. The summed E-state index contributed by atoms with van der Waals surface area (Å²) in [4.78, 5) is 18.8. The van der Waals surface area contributed by atoms with Gasteiger partial charge in [-0.25, -0.2) is 0 Å². The van der Waals surface area contributed by atoms with E-state index in [9.17, 15) is 4.79 Å². The number of allylic oxidation sites excluding steroid dienone is 3. The van der Waals surface area contributed by atoms with Gasteiger partial charge in [-0.05, 0) is 31.8 Å². The molecule has 3 aliphatic heterocycles. The number of hydrogen-bond acceptors (Lipinski definition) is 2. The maximum Gasteiger partial charge on any atom is 0.223 e. The molecule has 18 heavy (non-hydrogen) atoms. The highest BCUT2D eigenvalue weighted by Gasteiger charge is 2.50. The summed E-state index contributed by atoms with van der Waals surface area (Å²) in [5.41, 5.74) is 4.82. The second-order valence-corrected chi connectivity index (χ2v) is 5.65. The van der Waals surface area contributed by atoms with E-state index in [1.165, 1.54) is 11.1 Å². The summed E-state index contributed by atoms with van der Waals surface area (Å²) in [7, 11) is 0. The minimum Gasteiger partial charge on any atom is -0.331 e. The minimum atomic E-state index is -0.149. The molecule has 1 aliphatic carbocycles. The third-order valence-corrected chi connectivity index (χ3v) is 4.67. The Morgan fingerprint density at radius 1 is 1.39 bits per heavy atom. The molecule has 1 atom stereocenters. The Balaban J connectivity index is 1.88. The number of aliphatic imine (C=N–C) groups is 1. The number of amides is 1. The van der Waals surface area contributed by atoms with Gasteiger partial charge in [-0.15, -0.1) is 0 Å². The van der Waals surface area contributed by atoms with Crippen molar-refractivity contribution in [3.8, 4) is 0 Å². The highest BCUT2D eigenvalue weighted by Crippen LogP contribution is 2.44. The molecule has 3 heteroatoms. The third-order valence-electron chi connectivity index (χ3n) is 4.67. The maximum absolute atomic E-state index is 11.9. The molecule has 2 fully saturated rings. The van der Waals surface area contributed by atoms with E-state index in [-0.39, 0.29) is 5.54 Å². The van der Waals surface area contributed by atoms with Gasteiger partial charge in [0.2, 0.25) is 5.91 Å². The van der Waals surface area contributed by atoms with Crippen LogP contribution in [0.15, 0.2) is 40.1 Å². The average molecular weight is 240 g/mol. The van der Waals surface area contributed by atoms with Gasteiger partial charge >= 0.3 is 0 Å². The zero-order valence-electron chi connectivity index (χ0n) is 10.6. The maximum atomic E-state index is 11.9. The molecule has 0 radical (unpaired) electrons. The van der Waals surface area contributed by atoms with Gasteiger partial charge in [0.1, 0.15) is 0 Å². The first-order valence-electron chi connectivity index (χ1n) is 6.70. The van der Waals surface area contributed by atoms with Crippen molar-refractivity contribution in [2.45, 2.75) is 38.1 Å². The first-order chi connectivity index (χ1) is 8.70. The lowest BCUT2D eigenvalue weighted by molar-refractivity contribution is -0.129. The smallest absolute Gasteiger partial charge is 0.223 e. The molecule has 0 bridgehead atoms. The zero-order chi connectivity index (χ0) is 12.3. The molecule has 0 N–H and O–H groups in total. The van der Waals surface area contributed by atoms with E-state index in [1.54, 1.807) is 0 Å². The fourth-order valence-corrected chi connectivity index (χ4v) is 3.67. The van der Waals surface area contributed by atoms with E-state index in [0.717, 1.165) is 37.2 Å². The van der Waals surface area contributed by atoms with Gasteiger partial charge in [0, 0.05) is 18.5 Å². The van der Waals surface area contributed by atoms with Crippen LogP contribution in [-0.2, 0) is 4.79 Å². The van der Waals surface area contributed by atoms with Crippen molar-refractivity contribution in [2.75, 3.05) is 6.54 Å². The van der Waals surface area contributed by atoms with Gasteiger partial charge in [-0.1, -0.05) is 18.2 Å². The molecule has 0 aromatic rings. The van der Waals surface area contributed by atoms with E-state index >= 15 is 0 Å². The van der Waals surface area contributed by atoms with Crippen LogP contribution in [0.5, 0.6) is 0 Å². The van der Waals surface area contributed by atoms with E-state index in [2.05, 4.69) is 25.2 Å². The van der Waals surface area contributed by atoms with Crippen molar-refractivity contribution in [3.05, 3.63) is 35.1 Å². The van der Waals surface area contributed by atoms with Crippen molar-refractivity contribution in [1.29, 1.82) is 0 Å².